The molecule has 0 aliphatic carbocycles. The van der Waals surface area contributed by atoms with Gasteiger partial charge in [0.25, 0.3) is 0 Å². The molecule has 8 heteroatoms. The molecule has 1 aromatic heterocycles. The number of hydrogen-bond donors (Lipinski definition) is 0. The average molecular weight is 361 g/mol. The molecule has 2 aromatic rings. The average Bonchev–Trinajstić information content (AvgIpc) is 3.06. The van der Waals surface area contributed by atoms with Gasteiger partial charge in [-0.3, -0.25) is 4.79 Å². The Labute approximate surface area is 152 Å². The molecular weight excluding hydrogens is 338 g/mol. The van der Waals surface area contributed by atoms with Crippen LogP contribution in [-0.2, 0) is 11.8 Å². The molecule has 3 rings (SSSR count). The summed E-state index contributed by atoms with van der Waals surface area (Å²) in [5.74, 6) is 1.01. The van der Waals surface area contributed by atoms with Gasteiger partial charge in [-0.15, -0.1) is 10.2 Å². The Kier molecular flexibility index (Phi) is 5.47. The van der Waals surface area contributed by atoms with Crippen LogP contribution in [0.4, 0.5) is 5.69 Å². The lowest BCUT2D eigenvalue weighted by Gasteiger charge is -2.37. The van der Waals surface area contributed by atoms with Gasteiger partial charge in [0.15, 0.2) is 5.16 Å². The van der Waals surface area contributed by atoms with E-state index in [1.165, 1.54) is 11.8 Å². The highest BCUT2D eigenvalue weighted by Gasteiger charge is 2.26. The zero-order valence-corrected chi connectivity index (χ0v) is 15.6. The number of aromatic nitrogens is 3. The van der Waals surface area contributed by atoms with Gasteiger partial charge in [-0.2, -0.15) is 0 Å². The third kappa shape index (κ3) is 4.07. The summed E-state index contributed by atoms with van der Waals surface area (Å²) in [6, 6.07) is 8.05. The van der Waals surface area contributed by atoms with Gasteiger partial charge in [0, 0.05) is 38.9 Å². The van der Waals surface area contributed by atoms with Crippen molar-refractivity contribution in [3.63, 3.8) is 0 Å². The third-order valence-corrected chi connectivity index (χ3v) is 5.46. The van der Waals surface area contributed by atoms with Crippen LogP contribution in [0.15, 0.2) is 35.7 Å². The van der Waals surface area contributed by atoms with Crippen LogP contribution in [0, 0.1) is 0 Å². The van der Waals surface area contributed by atoms with Crippen molar-refractivity contribution < 1.29 is 9.53 Å². The SMILES string of the molecule is COc1ccc(N2CCN(C(=O)C(C)Sc3nncn3C)CC2)cc1. The van der Waals surface area contributed by atoms with Crippen molar-refractivity contribution in [3.8, 4) is 5.75 Å². The molecule has 1 saturated heterocycles. The monoisotopic (exact) mass is 361 g/mol. The first-order valence-electron chi connectivity index (χ1n) is 8.27. The second-order valence-corrected chi connectivity index (χ2v) is 7.30. The zero-order chi connectivity index (χ0) is 17.8. The summed E-state index contributed by atoms with van der Waals surface area (Å²) in [7, 11) is 3.55. The topological polar surface area (TPSA) is 63.5 Å². The number of benzene rings is 1. The van der Waals surface area contributed by atoms with E-state index in [9.17, 15) is 4.79 Å². The number of anilines is 1. The van der Waals surface area contributed by atoms with Crippen molar-refractivity contribution in [3.05, 3.63) is 30.6 Å². The molecule has 1 atom stereocenters. The van der Waals surface area contributed by atoms with E-state index in [1.807, 2.05) is 35.6 Å². The van der Waals surface area contributed by atoms with Gasteiger partial charge in [-0.25, -0.2) is 0 Å². The van der Waals surface area contributed by atoms with Crippen molar-refractivity contribution in [2.24, 2.45) is 7.05 Å². The molecule has 134 valence electrons. The minimum Gasteiger partial charge on any atom is -0.497 e. The predicted molar refractivity (Wildman–Crippen MR) is 98.1 cm³/mol. The van der Waals surface area contributed by atoms with Crippen LogP contribution in [-0.4, -0.2) is 64.1 Å². The molecule has 1 aromatic carbocycles. The smallest absolute Gasteiger partial charge is 0.236 e. The molecule has 7 nitrogen and oxygen atoms in total. The first kappa shape index (κ1) is 17.6. The normalized spacial score (nSPS) is 16.0. The molecule has 0 saturated carbocycles. The number of piperazine rings is 1. The Bertz CT molecular complexity index is 710. The summed E-state index contributed by atoms with van der Waals surface area (Å²) in [6.07, 6.45) is 1.65. The number of amides is 1. The lowest BCUT2D eigenvalue weighted by molar-refractivity contribution is -0.130. The van der Waals surface area contributed by atoms with Crippen molar-refractivity contribution in [1.82, 2.24) is 19.7 Å². The number of aryl methyl sites for hydroxylation is 1. The number of carbonyl (C=O) groups excluding carboxylic acids is 1. The quantitative estimate of drug-likeness (QED) is 0.755. The fourth-order valence-electron chi connectivity index (χ4n) is 2.82. The van der Waals surface area contributed by atoms with Gasteiger partial charge in [-0.05, 0) is 31.2 Å². The number of rotatable bonds is 5. The Balaban J connectivity index is 1.54. The van der Waals surface area contributed by atoms with Crippen molar-refractivity contribution in [2.75, 3.05) is 38.2 Å². The molecule has 2 heterocycles. The summed E-state index contributed by atoms with van der Waals surface area (Å²) < 4.78 is 7.03. The zero-order valence-electron chi connectivity index (χ0n) is 14.8. The maximum atomic E-state index is 12.7. The highest BCUT2D eigenvalue weighted by atomic mass is 32.2. The lowest BCUT2D eigenvalue weighted by Crippen LogP contribution is -2.50. The molecule has 1 aliphatic heterocycles. The molecule has 1 amide bonds. The highest BCUT2D eigenvalue weighted by molar-refractivity contribution is 8.00. The van der Waals surface area contributed by atoms with E-state index in [-0.39, 0.29) is 11.2 Å². The minimum atomic E-state index is -0.171. The van der Waals surface area contributed by atoms with E-state index in [0.29, 0.717) is 0 Å². The predicted octanol–water partition coefficient (Wildman–Crippen LogP) is 1.65. The molecule has 0 radical (unpaired) electrons. The molecule has 25 heavy (non-hydrogen) atoms. The highest BCUT2D eigenvalue weighted by Crippen LogP contribution is 2.24. The second-order valence-electron chi connectivity index (χ2n) is 5.99. The van der Waals surface area contributed by atoms with E-state index < -0.39 is 0 Å². The van der Waals surface area contributed by atoms with Crippen LogP contribution in [0.3, 0.4) is 0 Å². The van der Waals surface area contributed by atoms with Crippen LogP contribution in [0.25, 0.3) is 0 Å². The molecule has 0 N–H and O–H groups in total. The summed E-state index contributed by atoms with van der Waals surface area (Å²) >= 11 is 1.45. The maximum Gasteiger partial charge on any atom is 0.236 e. The van der Waals surface area contributed by atoms with Crippen molar-refractivity contribution in [2.45, 2.75) is 17.3 Å². The van der Waals surface area contributed by atoms with Gasteiger partial charge < -0.3 is 19.1 Å². The fourth-order valence-corrected chi connectivity index (χ4v) is 3.70. The molecular formula is C17H23N5O2S. The van der Waals surface area contributed by atoms with E-state index >= 15 is 0 Å². The van der Waals surface area contributed by atoms with Crippen molar-refractivity contribution >= 4 is 23.4 Å². The number of carbonyl (C=O) groups is 1. The summed E-state index contributed by atoms with van der Waals surface area (Å²) in [6.45, 7) is 5.06. The van der Waals surface area contributed by atoms with E-state index in [1.54, 1.807) is 13.4 Å². The van der Waals surface area contributed by atoms with Gasteiger partial charge in [0.1, 0.15) is 12.1 Å². The number of nitrogens with zero attached hydrogens (tertiary/aromatic N) is 5. The first-order valence-corrected chi connectivity index (χ1v) is 9.15. The van der Waals surface area contributed by atoms with Crippen LogP contribution in [0.1, 0.15) is 6.92 Å². The maximum absolute atomic E-state index is 12.7. The molecule has 0 bridgehead atoms. The first-order chi connectivity index (χ1) is 12.1. The standard InChI is InChI=1S/C17H23N5O2S/c1-13(25-17-19-18-12-20(17)2)16(23)22-10-8-21(9-11-22)14-4-6-15(24-3)7-5-14/h4-7,12-13H,8-11H2,1-3H3. The van der Waals surface area contributed by atoms with Crippen LogP contribution in [0.2, 0.25) is 0 Å². The Morgan fingerprint density at radius 3 is 2.44 bits per heavy atom. The summed E-state index contributed by atoms with van der Waals surface area (Å²) in [4.78, 5) is 16.9. The van der Waals surface area contributed by atoms with E-state index in [0.717, 1.165) is 42.8 Å². The van der Waals surface area contributed by atoms with Crippen molar-refractivity contribution in [1.29, 1.82) is 0 Å². The lowest BCUT2D eigenvalue weighted by atomic mass is 10.2. The summed E-state index contributed by atoms with van der Waals surface area (Å²) in [5.41, 5.74) is 1.16. The van der Waals surface area contributed by atoms with Gasteiger partial charge >= 0.3 is 0 Å². The number of thioether (sulfide) groups is 1. The van der Waals surface area contributed by atoms with E-state index in [2.05, 4.69) is 27.2 Å². The minimum absolute atomic E-state index is 0.155. The number of hydrogen-bond acceptors (Lipinski definition) is 6. The number of methoxy groups -OCH3 is 1. The van der Waals surface area contributed by atoms with Gasteiger partial charge in [-0.1, -0.05) is 11.8 Å². The summed E-state index contributed by atoms with van der Waals surface area (Å²) in [5, 5.41) is 8.48. The Morgan fingerprint density at radius 2 is 1.88 bits per heavy atom. The second kappa shape index (κ2) is 7.77. The van der Waals surface area contributed by atoms with Gasteiger partial charge in [0.2, 0.25) is 5.91 Å². The number of ether oxygens (including phenoxy) is 1. The molecule has 1 unspecified atom stereocenters. The molecule has 1 aliphatic rings. The van der Waals surface area contributed by atoms with Crippen LogP contribution in [0.5, 0.6) is 5.75 Å². The van der Waals surface area contributed by atoms with E-state index in [4.69, 9.17) is 4.74 Å². The van der Waals surface area contributed by atoms with Crippen LogP contribution < -0.4 is 9.64 Å². The molecule has 0 spiro atoms. The molecule has 1 fully saturated rings. The Hall–Kier alpha value is -2.22. The van der Waals surface area contributed by atoms with Crippen LogP contribution >= 0.6 is 11.8 Å². The fraction of sp³-hybridized carbons (Fsp3) is 0.471. The third-order valence-electron chi connectivity index (χ3n) is 4.33. The largest absolute Gasteiger partial charge is 0.497 e. The Morgan fingerprint density at radius 1 is 1.20 bits per heavy atom. The van der Waals surface area contributed by atoms with Gasteiger partial charge in [0.05, 0.1) is 12.4 Å².